The van der Waals surface area contributed by atoms with Crippen molar-refractivity contribution in [1.29, 1.82) is 0 Å². The van der Waals surface area contributed by atoms with E-state index >= 15 is 0 Å². The van der Waals surface area contributed by atoms with E-state index in [4.69, 9.17) is 4.74 Å². The fourth-order valence-corrected chi connectivity index (χ4v) is 8.43. The molecular formula is C25H34N2O6. The number of ether oxygens (including phenoxy) is 1. The van der Waals surface area contributed by atoms with Crippen LogP contribution in [0.4, 0.5) is 5.69 Å². The monoisotopic (exact) mass is 458 g/mol. The van der Waals surface area contributed by atoms with E-state index < -0.39 is 46.7 Å². The standard InChI is InChI=1S/C25H34N2O6/c1-6-14-18-17(13(2)3)20(29)25-24(10-11-26(25)4,23(18,22(31)32)12-33-21(14)30)15-8-7-9-16(28)19(15)27(25)5/h6-9,13,17-18,20-21,28-30H,10-12H2,1-5H3,(H,31,32)/t17-,18-,20+,21+,23+,24+,25-/m1/s1. The number of rotatable bonds is 2. The predicted octanol–water partition coefficient (Wildman–Crippen LogP) is 1.74. The summed E-state index contributed by atoms with van der Waals surface area (Å²) in [5, 5.41) is 45.1. The molecule has 3 fully saturated rings. The minimum absolute atomic E-state index is 0.0619. The molecule has 2 saturated heterocycles. The number of hydrogen-bond acceptors (Lipinski definition) is 7. The average molecular weight is 459 g/mol. The molecule has 33 heavy (non-hydrogen) atoms. The zero-order chi connectivity index (χ0) is 24.1. The summed E-state index contributed by atoms with van der Waals surface area (Å²) < 4.78 is 5.83. The maximum absolute atomic E-state index is 13.6. The van der Waals surface area contributed by atoms with Crippen molar-refractivity contribution in [2.75, 3.05) is 32.1 Å². The lowest BCUT2D eigenvalue weighted by Gasteiger charge is -2.67. The van der Waals surface area contributed by atoms with Gasteiger partial charge in [0.15, 0.2) is 6.29 Å². The number of likely N-dealkylation sites (tertiary alicyclic amines) is 1. The van der Waals surface area contributed by atoms with Crippen molar-refractivity contribution in [3.05, 3.63) is 35.4 Å². The maximum atomic E-state index is 13.6. The fraction of sp³-hybridized carbons (Fsp3) is 0.640. The normalized spacial score (nSPS) is 43.4. The Morgan fingerprint density at radius 3 is 2.58 bits per heavy atom. The zero-order valence-electron chi connectivity index (χ0n) is 19.8. The summed E-state index contributed by atoms with van der Waals surface area (Å²) in [7, 11) is 3.76. The Kier molecular flexibility index (Phi) is 4.77. The Morgan fingerprint density at radius 2 is 1.97 bits per heavy atom. The van der Waals surface area contributed by atoms with Crippen molar-refractivity contribution in [1.82, 2.24) is 4.90 Å². The van der Waals surface area contributed by atoms with Crippen molar-refractivity contribution in [3.8, 4) is 5.75 Å². The minimum Gasteiger partial charge on any atom is -0.506 e. The van der Waals surface area contributed by atoms with Crippen LogP contribution >= 0.6 is 0 Å². The molecule has 3 aliphatic heterocycles. The summed E-state index contributed by atoms with van der Waals surface area (Å²) >= 11 is 0. The van der Waals surface area contributed by atoms with E-state index in [1.807, 2.05) is 38.9 Å². The number of aliphatic hydroxyl groups is 2. The summed E-state index contributed by atoms with van der Waals surface area (Å²) in [6, 6.07) is 5.23. The lowest BCUT2D eigenvalue weighted by atomic mass is 9.40. The highest BCUT2D eigenvalue weighted by Gasteiger charge is 2.85. The molecule has 0 spiro atoms. The number of carboxylic acid groups (broad SMARTS) is 1. The molecule has 4 N–H and O–H groups in total. The fourth-order valence-electron chi connectivity index (χ4n) is 8.43. The van der Waals surface area contributed by atoms with E-state index in [2.05, 4.69) is 4.90 Å². The number of likely N-dealkylation sites (N-methyl/N-ethyl adjacent to an activating group) is 2. The van der Waals surface area contributed by atoms with E-state index in [0.29, 0.717) is 24.2 Å². The zero-order valence-corrected chi connectivity index (χ0v) is 19.8. The van der Waals surface area contributed by atoms with Gasteiger partial charge >= 0.3 is 5.97 Å². The van der Waals surface area contributed by atoms with Crippen molar-refractivity contribution in [3.63, 3.8) is 0 Å². The van der Waals surface area contributed by atoms with Gasteiger partial charge in [-0.15, -0.1) is 0 Å². The highest BCUT2D eigenvalue weighted by molar-refractivity contribution is 5.86. The number of anilines is 1. The van der Waals surface area contributed by atoms with Crippen LogP contribution in [-0.4, -0.2) is 76.6 Å². The van der Waals surface area contributed by atoms with Gasteiger partial charge in [-0.3, -0.25) is 9.69 Å². The molecule has 180 valence electrons. The Labute approximate surface area is 194 Å². The largest absolute Gasteiger partial charge is 0.506 e. The number of aliphatic hydroxyl groups excluding tert-OH is 2. The van der Waals surface area contributed by atoms with Crippen molar-refractivity contribution in [2.45, 2.75) is 50.7 Å². The quantitative estimate of drug-likeness (QED) is 0.496. The second-order valence-corrected chi connectivity index (χ2v) is 10.5. The lowest BCUT2D eigenvalue weighted by Crippen LogP contribution is -2.82. The van der Waals surface area contributed by atoms with Gasteiger partial charge in [0.1, 0.15) is 16.8 Å². The van der Waals surface area contributed by atoms with Crippen LogP contribution in [0.1, 0.15) is 32.8 Å². The number of phenolic OH excluding ortho intramolecular Hbond substituents is 1. The molecule has 0 aromatic heterocycles. The number of fused-ring (bicyclic) bond motifs is 2. The molecule has 8 heteroatoms. The SMILES string of the molecule is CC=C1[C@@H]2[C@@H](C(C)C)[C@H](O)[C@]34N(C)CC[C@]3(c3cccc(O)c3N4C)[C@@]2(C(=O)O)CO[C@@H]1O. The van der Waals surface area contributed by atoms with Gasteiger partial charge in [0, 0.05) is 19.5 Å². The molecule has 0 bridgehead atoms. The number of nitrogens with zero attached hydrogens (tertiary/aromatic N) is 2. The first-order chi connectivity index (χ1) is 15.6. The highest BCUT2D eigenvalue weighted by atomic mass is 16.6. The molecule has 0 radical (unpaired) electrons. The van der Waals surface area contributed by atoms with Crippen LogP contribution in [0.15, 0.2) is 29.8 Å². The molecule has 1 saturated carbocycles. The van der Waals surface area contributed by atoms with Crippen LogP contribution < -0.4 is 4.90 Å². The smallest absolute Gasteiger partial charge is 0.313 e. The third kappa shape index (κ3) is 2.15. The topological polar surface area (TPSA) is 114 Å². The van der Waals surface area contributed by atoms with Crippen molar-refractivity contribution < 1.29 is 30.0 Å². The Hall–Kier alpha value is -2.13. The molecule has 7 atom stereocenters. The van der Waals surface area contributed by atoms with E-state index in [1.54, 1.807) is 25.1 Å². The Balaban J connectivity index is 1.97. The van der Waals surface area contributed by atoms with Crippen LogP contribution in [0.25, 0.3) is 0 Å². The summed E-state index contributed by atoms with van der Waals surface area (Å²) in [6.45, 7) is 6.17. The number of benzene rings is 1. The van der Waals surface area contributed by atoms with Gasteiger partial charge < -0.3 is 30.1 Å². The number of phenols is 1. The molecule has 3 heterocycles. The van der Waals surface area contributed by atoms with Gasteiger partial charge in [-0.1, -0.05) is 32.1 Å². The van der Waals surface area contributed by atoms with Gasteiger partial charge in [0.25, 0.3) is 0 Å². The molecule has 1 aromatic rings. The third-order valence-corrected chi connectivity index (χ3v) is 9.41. The molecule has 8 nitrogen and oxygen atoms in total. The Morgan fingerprint density at radius 1 is 1.27 bits per heavy atom. The third-order valence-electron chi connectivity index (χ3n) is 9.41. The highest BCUT2D eigenvalue weighted by Crippen LogP contribution is 2.75. The number of carbonyl (C=O) groups is 1. The van der Waals surface area contributed by atoms with Crippen LogP contribution in [0.5, 0.6) is 5.75 Å². The summed E-state index contributed by atoms with van der Waals surface area (Å²) in [5.74, 6) is -2.11. The van der Waals surface area contributed by atoms with Crippen LogP contribution in [0, 0.1) is 23.2 Å². The molecule has 0 amide bonds. The van der Waals surface area contributed by atoms with Crippen LogP contribution in [0.2, 0.25) is 0 Å². The van der Waals surface area contributed by atoms with Crippen LogP contribution in [-0.2, 0) is 14.9 Å². The van der Waals surface area contributed by atoms with Gasteiger partial charge in [-0.25, -0.2) is 0 Å². The number of allylic oxidation sites excluding steroid dienone is 1. The predicted molar refractivity (Wildman–Crippen MR) is 122 cm³/mol. The van der Waals surface area contributed by atoms with E-state index in [0.717, 1.165) is 5.56 Å². The van der Waals surface area contributed by atoms with E-state index in [9.17, 15) is 25.2 Å². The summed E-state index contributed by atoms with van der Waals surface area (Å²) in [5.41, 5.74) is -1.84. The first kappa shape index (κ1) is 22.7. The molecule has 4 aliphatic rings. The van der Waals surface area contributed by atoms with Crippen molar-refractivity contribution in [2.24, 2.45) is 23.2 Å². The second-order valence-electron chi connectivity index (χ2n) is 10.5. The molecule has 1 aliphatic carbocycles. The van der Waals surface area contributed by atoms with E-state index in [-0.39, 0.29) is 18.3 Å². The number of carboxylic acids is 1. The Bertz CT molecular complexity index is 1040. The summed E-state index contributed by atoms with van der Waals surface area (Å²) in [6.07, 6.45) is 0.0654. The van der Waals surface area contributed by atoms with Gasteiger partial charge in [-0.2, -0.15) is 0 Å². The number of aromatic hydroxyl groups is 1. The second kappa shape index (κ2) is 6.95. The molecular weight excluding hydrogens is 424 g/mol. The molecule has 5 rings (SSSR count). The molecule has 0 unspecified atom stereocenters. The maximum Gasteiger partial charge on any atom is 0.313 e. The number of hydrogen-bond donors (Lipinski definition) is 4. The number of aliphatic carboxylic acids is 1. The van der Waals surface area contributed by atoms with Crippen LogP contribution in [0.3, 0.4) is 0 Å². The number of para-hydroxylation sites is 1. The minimum atomic E-state index is -1.46. The average Bonchev–Trinajstić information content (AvgIpc) is 3.20. The van der Waals surface area contributed by atoms with Crippen molar-refractivity contribution >= 4 is 11.7 Å². The van der Waals surface area contributed by atoms with E-state index in [1.165, 1.54) is 0 Å². The first-order valence-corrected chi connectivity index (χ1v) is 11.7. The summed E-state index contributed by atoms with van der Waals surface area (Å²) in [4.78, 5) is 17.5. The first-order valence-electron chi connectivity index (χ1n) is 11.7. The van der Waals surface area contributed by atoms with Gasteiger partial charge in [-0.05, 0) is 49.4 Å². The molecule has 1 aromatic carbocycles. The van der Waals surface area contributed by atoms with Gasteiger partial charge in [0.2, 0.25) is 0 Å². The lowest BCUT2D eigenvalue weighted by molar-refractivity contribution is -0.247. The van der Waals surface area contributed by atoms with Gasteiger partial charge in [0.05, 0.1) is 23.8 Å².